The van der Waals surface area contributed by atoms with Crippen LogP contribution < -0.4 is 15.4 Å². The fraction of sp³-hybridized carbons (Fsp3) is 0.650. The van der Waals surface area contributed by atoms with Crippen molar-refractivity contribution in [2.45, 2.75) is 49.8 Å². The summed E-state index contributed by atoms with van der Waals surface area (Å²) >= 11 is 0. The molecule has 4 rings (SSSR count). The van der Waals surface area contributed by atoms with Gasteiger partial charge in [-0.1, -0.05) is 6.07 Å². The topological polar surface area (TPSA) is 62.8 Å². The fourth-order valence-corrected chi connectivity index (χ4v) is 4.74. The molecule has 0 radical (unpaired) electrons. The second-order valence-electron chi connectivity index (χ2n) is 7.65. The van der Waals surface area contributed by atoms with Crippen LogP contribution in [-0.2, 0) is 4.74 Å². The Morgan fingerprint density at radius 2 is 2.26 bits per heavy atom. The lowest BCUT2D eigenvalue weighted by atomic mass is 9.86. The Kier molecular flexibility index (Phi) is 5.50. The number of fused-ring (bicyclic) bond motifs is 1. The van der Waals surface area contributed by atoms with Crippen molar-refractivity contribution in [1.29, 1.82) is 0 Å². The van der Waals surface area contributed by atoms with Crippen molar-refractivity contribution < 1.29 is 18.7 Å². The molecular formula is C20H28FN3O3. The number of benzene rings is 1. The van der Waals surface area contributed by atoms with E-state index in [1.165, 1.54) is 13.2 Å². The summed E-state index contributed by atoms with van der Waals surface area (Å²) in [5.74, 6) is -0.0366. The van der Waals surface area contributed by atoms with E-state index in [1.807, 2.05) is 11.0 Å². The van der Waals surface area contributed by atoms with Crippen molar-refractivity contribution in [3.05, 3.63) is 29.6 Å². The van der Waals surface area contributed by atoms with E-state index >= 15 is 0 Å². The Morgan fingerprint density at radius 1 is 1.37 bits per heavy atom. The second kappa shape index (κ2) is 8.02. The number of ether oxygens (including phenoxy) is 2. The molecule has 2 amide bonds. The summed E-state index contributed by atoms with van der Waals surface area (Å²) in [7, 11) is 1.46. The second-order valence-corrected chi connectivity index (χ2v) is 7.65. The largest absolute Gasteiger partial charge is 0.494 e. The highest BCUT2D eigenvalue weighted by atomic mass is 19.1. The molecule has 2 heterocycles. The van der Waals surface area contributed by atoms with E-state index in [0.29, 0.717) is 19.7 Å². The highest BCUT2D eigenvalue weighted by molar-refractivity contribution is 5.75. The molecule has 6 nitrogen and oxygen atoms in total. The number of halogens is 1. The average molecular weight is 377 g/mol. The smallest absolute Gasteiger partial charge is 0.318 e. The summed E-state index contributed by atoms with van der Waals surface area (Å²) in [4.78, 5) is 14.9. The van der Waals surface area contributed by atoms with Crippen LogP contribution in [0.5, 0.6) is 5.75 Å². The first-order chi connectivity index (χ1) is 13.2. The molecule has 3 fully saturated rings. The summed E-state index contributed by atoms with van der Waals surface area (Å²) in [5, 5.41) is 6.56. The summed E-state index contributed by atoms with van der Waals surface area (Å²) in [6, 6.07) is 5.20. The van der Waals surface area contributed by atoms with Crippen molar-refractivity contribution in [2.75, 3.05) is 33.4 Å². The van der Waals surface area contributed by atoms with Gasteiger partial charge in [0, 0.05) is 25.0 Å². The van der Waals surface area contributed by atoms with Crippen LogP contribution in [-0.4, -0.2) is 62.5 Å². The molecule has 2 saturated heterocycles. The lowest BCUT2D eigenvalue weighted by molar-refractivity contribution is -0.0387. The van der Waals surface area contributed by atoms with Crippen molar-refractivity contribution in [3.8, 4) is 5.75 Å². The van der Waals surface area contributed by atoms with Crippen LogP contribution in [0.15, 0.2) is 18.2 Å². The Morgan fingerprint density at radius 3 is 3.07 bits per heavy atom. The van der Waals surface area contributed by atoms with Gasteiger partial charge in [0.25, 0.3) is 0 Å². The number of morpholine rings is 1. The van der Waals surface area contributed by atoms with Gasteiger partial charge in [0.15, 0.2) is 11.6 Å². The molecule has 0 unspecified atom stereocenters. The number of carbonyl (C=O) groups excluding carboxylic acids is 1. The molecule has 2 N–H and O–H groups in total. The van der Waals surface area contributed by atoms with Crippen LogP contribution in [0.2, 0.25) is 0 Å². The molecule has 4 atom stereocenters. The Labute approximate surface area is 159 Å². The maximum atomic E-state index is 14.2. The SMILES string of the molecule is COc1ccc([C@@H]2CCNC[C@@H]2NC(=O)N2CCO[C@@H]3CCC[C@@H]32)cc1F. The molecule has 27 heavy (non-hydrogen) atoms. The molecule has 1 saturated carbocycles. The summed E-state index contributed by atoms with van der Waals surface area (Å²) in [5.41, 5.74) is 0.904. The van der Waals surface area contributed by atoms with Crippen molar-refractivity contribution in [2.24, 2.45) is 0 Å². The molecular weight excluding hydrogens is 349 g/mol. The van der Waals surface area contributed by atoms with E-state index in [4.69, 9.17) is 9.47 Å². The summed E-state index contributed by atoms with van der Waals surface area (Å²) in [6.07, 6.45) is 4.19. The molecule has 3 aliphatic rings. The Balaban J connectivity index is 1.47. The zero-order chi connectivity index (χ0) is 18.8. The number of amides is 2. The molecule has 148 valence electrons. The lowest BCUT2D eigenvalue weighted by Gasteiger charge is -2.40. The van der Waals surface area contributed by atoms with E-state index in [0.717, 1.165) is 37.8 Å². The molecule has 0 bridgehead atoms. The highest BCUT2D eigenvalue weighted by Gasteiger charge is 2.39. The lowest BCUT2D eigenvalue weighted by Crippen LogP contribution is -2.59. The van der Waals surface area contributed by atoms with Crippen molar-refractivity contribution in [3.63, 3.8) is 0 Å². The van der Waals surface area contributed by atoms with E-state index < -0.39 is 0 Å². The van der Waals surface area contributed by atoms with Gasteiger partial charge in [0.1, 0.15) is 0 Å². The van der Waals surface area contributed by atoms with E-state index in [1.54, 1.807) is 6.07 Å². The molecule has 0 spiro atoms. The van der Waals surface area contributed by atoms with Gasteiger partial charge >= 0.3 is 6.03 Å². The van der Waals surface area contributed by atoms with Crippen LogP contribution >= 0.6 is 0 Å². The number of nitrogens with zero attached hydrogens (tertiary/aromatic N) is 1. The number of hydrogen-bond acceptors (Lipinski definition) is 4. The van der Waals surface area contributed by atoms with Crippen LogP contribution in [0.25, 0.3) is 0 Å². The third-order valence-corrected chi connectivity index (χ3v) is 6.14. The first-order valence-corrected chi connectivity index (χ1v) is 9.90. The van der Waals surface area contributed by atoms with E-state index in [-0.39, 0.29) is 41.7 Å². The van der Waals surface area contributed by atoms with Crippen LogP contribution in [0.3, 0.4) is 0 Å². The van der Waals surface area contributed by atoms with Gasteiger partial charge in [-0.05, 0) is 49.9 Å². The predicted octanol–water partition coefficient (Wildman–Crippen LogP) is 2.24. The fourth-order valence-electron chi connectivity index (χ4n) is 4.74. The van der Waals surface area contributed by atoms with Gasteiger partial charge < -0.3 is 25.0 Å². The van der Waals surface area contributed by atoms with Gasteiger partial charge in [-0.25, -0.2) is 9.18 Å². The zero-order valence-corrected chi connectivity index (χ0v) is 15.7. The van der Waals surface area contributed by atoms with Gasteiger partial charge in [-0.3, -0.25) is 0 Å². The molecule has 0 aromatic heterocycles. The quantitative estimate of drug-likeness (QED) is 0.848. The number of nitrogens with one attached hydrogen (secondary N) is 2. The monoisotopic (exact) mass is 377 g/mol. The number of methoxy groups -OCH3 is 1. The molecule has 1 aromatic carbocycles. The van der Waals surface area contributed by atoms with Gasteiger partial charge in [-0.15, -0.1) is 0 Å². The third-order valence-electron chi connectivity index (χ3n) is 6.14. The minimum atomic E-state index is -0.361. The first kappa shape index (κ1) is 18.5. The maximum Gasteiger partial charge on any atom is 0.318 e. The third kappa shape index (κ3) is 3.75. The predicted molar refractivity (Wildman–Crippen MR) is 99.6 cm³/mol. The van der Waals surface area contributed by atoms with E-state index in [2.05, 4.69) is 10.6 Å². The summed E-state index contributed by atoms with van der Waals surface area (Å²) < 4.78 is 25.0. The minimum Gasteiger partial charge on any atom is -0.494 e. The highest BCUT2D eigenvalue weighted by Crippen LogP contribution is 2.31. The van der Waals surface area contributed by atoms with Gasteiger partial charge in [0.05, 0.1) is 25.9 Å². The molecule has 7 heteroatoms. The van der Waals surface area contributed by atoms with Crippen LogP contribution in [0.1, 0.15) is 37.2 Å². The molecule has 1 aromatic rings. The number of hydrogen-bond donors (Lipinski definition) is 2. The van der Waals surface area contributed by atoms with Gasteiger partial charge in [-0.2, -0.15) is 0 Å². The van der Waals surface area contributed by atoms with Crippen molar-refractivity contribution >= 4 is 6.03 Å². The zero-order valence-electron chi connectivity index (χ0n) is 15.7. The maximum absolute atomic E-state index is 14.2. The number of rotatable bonds is 3. The standard InChI is InChI=1S/C20H28FN3O3/c1-26-18-6-5-13(11-15(18)21)14-7-8-22-12-16(14)23-20(25)24-9-10-27-19-4-2-3-17(19)24/h5-6,11,14,16-17,19,22H,2-4,7-10,12H2,1H3,(H,23,25)/t14-,16-,17-,19+/m0/s1. The minimum absolute atomic E-state index is 0.0251. The first-order valence-electron chi connectivity index (χ1n) is 9.90. The number of piperidine rings is 1. The van der Waals surface area contributed by atoms with Crippen molar-refractivity contribution in [1.82, 2.24) is 15.5 Å². The number of carbonyl (C=O) groups is 1. The van der Waals surface area contributed by atoms with E-state index in [9.17, 15) is 9.18 Å². The average Bonchev–Trinajstić information content (AvgIpc) is 3.17. The van der Waals surface area contributed by atoms with Gasteiger partial charge in [0.2, 0.25) is 0 Å². The van der Waals surface area contributed by atoms with Crippen LogP contribution in [0, 0.1) is 5.82 Å². The van der Waals surface area contributed by atoms with Crippen LogP contribution in [0.4, 0.5) is 9.18 Å². The number of urea groups is 1. The molecule has 2 aliphatic heterocycles. The summed E-state index contributed by atoms with van der Waals surface area (Å²) in [6.45, 7) is 2.77. The Hall–Kier alpha value is -1.86. The molecule has 1 aliphatic carbocycles. The Bertz CT molecular complexity index is 686. The normalized spacial score (nSPS) is 30.7.